The highest BCUT2D eigenvalue weighted by molar-refractivity contribution is 5.85. The van der Waals surface area contributed by atoms with Crippen LogP contribution in [-0.4, -0.2) is 23.8 Å². The molecule has 0 aliphatic rings. The topological polar surface area (TPSA) is 60.1 Å². The Labute approximate surface area is 146 Å². The van der Waals surface area contributed by atoms with Gasteiger partial charge in [-0.3, -0.25) is 4.57 Å². The summed E-state index contributed by atoms with van der Waals surface area (Å²) in [5.74, 6) is 2.26. The van der Waals surface area contributed by atoms with Gasteiger partial charge in [0.25, 0.3) is 0 Å². The fourth-order valence-corrected chi connectivity index (χ4v) is 2.32. The number of methoxy groups -OCH3 is 2. The van der Waals surface area contributed by atoms with Crippen LogP contribution in [0.5, 0.6) is 11.5 Å². The summed E-state index contributed by atoms with van der Waals surface area (Å²) >= 11 is 0. The van der Waals surface area contributed by atoms with Crippen molar-refractivity contribution >= 4 is 12.4 Å². The van der Waals surface area contributed by atoms with Crippen LogP contribution in [0.2, 0.25) is 0 Å². The van der Waals surface area contributed by atoms with E-state index < -0.39 is 0 Å². The van der Waals surface area contributed by atoms with Gasteiger partial charge in [-0.25, -0.2) is 4.98 Å². The second kappa shape index (κ2) is 7.53. The van der Waals surface area contributed by atoms with Gasteiger partial charge in [-0.05, 0) is 48.5 Å². The van der Waals surface area contributed by atoms with Gasteiger partial charge >= 0.3 is 0 Å². The number of imidazole rings is 1. The highest BCUT2D eigenvalue weighted by atomic mass is 35.5. The van der Waals surface area contributed by atoms with Crippen LogP contribution < -0.4 is 9.47 Å². The first-order valence-electron chi connectivity index (χ1n) is 7.03. The van der Waals surface area contributed by atoms with Gasteiger partial charge in [0.05, 0.1) is 14.2 Å². The number of aromatic nitrogens is 2. The highest BCUT2D eigenvalue weighted by Gasteiger charge is 2.12. The highest BCUT2D eigenvalue weighted by Crippen LogP contribution is 2.26. The second-order valence-corrected chi connectivity index (χ2v) is 4.86. The van der Waals surface area contributed by atoms with Crippen molar-refractivity contribution in [2.24, 2.45) is 0 Å². The molecule has 0 saturated heterocycles. The van der Waals surface area contributed by atoms with Crippen molar-refractivity contribution in [3.05, 3.63) is 60.4 Å². The van der Waals surface area contributed by atoms with Crippen LogP contribution in [-0.2, 0) is 0 Å². The van der Waals surface area contributed by atoms with Gasteiger partial charge in [0.1, 0.15) is 23.4 Å². The molecule has 3 aromatic rings. The number of benzene rings is 2. The molecule has 0 aliphatic carbocycles. The third-order valence-corrected chi connectivity index (χ3v) is 3.52. The maximum atomic E-state index is 9.17. The number of halogens is 1. The van der Waals surface area contributed by atoms with Crippen LogP contribution in [0.25, 0.3) is 17.1 Å². The Hall–Kier alpha value is -2.97. The molecular formula is C18H16ClN3O2. The lowest BCUT2D eigenvalue weighted by Crippen LogP contribution is -1.96. The first-order valence-corrected chi connectivity index (χ1v) is 7.03. The monoisotopic (exact) mass is 341 g/mol. The summed E-state index contributed by atoms with van der Waals surface area (Å²) < 4.78 is 12.2. The van der Waals surface area contributed by atoms with Crippen molar-refractivity contribution in [3.8, 4) is 34.6 Å². The maximum Gasteiger partial charge on any atom is 0.159 e. The van der Waals surface area contributed by atoms with Crippen molar-refractivity contribution in [1.29, 1.82) is 5.26 Å². The van der Waals surface area contributed by atoms with Crippen molar-refractivity contribution < 1.29 is 9.47 Å². The van der Waals surface area contributed by atoms with Crippen molar-refractivity contribution in [2.45, 2.75) is 0 Å². The molecular weight excluding hydrogens is 326 g/mol. The molecule has 0 N–H and O–H groups in total. The number of nitriles is 1. The van der Waals surface area contributed by atoms with E-state index in [1.54, 1.807) is 20.4 Å². The van der Waals surface area contributed by atoms with Gasteiger partial charge in [0.15, 0.2) is 5.69 Å². The first-order chi connectivity index (χ1) is 11.2. The predicted octanol–water partition coefficient (Wildman–Crippen LogP) is 3.85. The van der Waals surface area contributed by atoms with Gasteiger partial charge in [0.2, 0.25) is 0 Å². The molecule has 3 rings (SSSR count). The van der Waals surface area contributed by atoms with Crippen LogP contribution in [0.15, 0.2) is 54.7 Å². The molecule has 0 radical (unpaired) electrons. The molecule has 6 heteroatoms. The summed E-state index contributed by atoms with van der Waals surface area (Å²) in [7, 11) is 3.25. The smallest absolute Gasteiger partial charge is 0.159 e. The minimum Gasteiger partial charge on any atom is -0.497 e. The number of hydrogen-bond acceptors (Lipinski definition) is 4. The molecule has 0 fully saturated rings. The standard InChI is InChI=1S/C18H15N3O2.ClH/c1-22-16-7-3-13(4-8-16)18-20-14(11-19)12-21(18)15-5-9-17(23-2)10-6-15;/h3-10,12H,1-2H3;1H. The van der Waals surface area contributed by atoms with Crippen LogP contribution in [0.4, 0.5) is 0 Å². The maximum absolute atomic E-state index is 9.17. The molecule has 0 atom stereocenters. The zero-order valence-electron chi connectivity index (χ0n) is 13.3. The second-order valence-electron chi connectivity index (χ2n) is 4.86. The van der Waals surface area contributed by atoms with E-state index in [9.17, 15) is 0 Å². The van der Waals surface area contributed by atoms with Gasteiger partial charge in [-0.2, -0.15) is 5.26 Å². The van der Waals surface area contributed by atoms with Gasteiger partial charge in [-0.1, -0.05) is 0 Å². The largest absolute Gasteiger partial charge is 0.497 e. The van der Waals surface area contributed by atoms with Gasteiger partial charge < -0.3 is 9.47 Å². The zero-order chi connectivity index (χ0) is 16.2. The van der Waals surface area contributed by atoms with Crippen LogP contribution in [0.1, 0.15) is 5.69 Å². The van der Waals surface area contributed by atoms with Crippen molar-refractivity contribution in [1.82, 2.24) is 9.55 Å². The van der Waals surface area contributed by atoms with Crippen molar-refractivity contribution in [2.75, 3.05) is 14.2 Å². The summed E-state index contributed by atoms with van der Waals surface area (Å²) in [6, 6.07) is 17.3. The van der Waals surface area contributed by atoms with Crippen LogP contribution >= 0.6 is 12.4 Å². The van der Waals surface area contributed by atoms with E-state index in [4.69, 9.17) is 14.7 Å². The van der Waals surface area contributed by atoms with Crippen LogP contribution in [0, 0.1) is 11.3 Å². The summed E-state index contributed by atoms with van der Waals surface area (Å²) in [5.41, 5.74) is 2.18. The molecule has 2 aromatic carbocycles. The van der Waals surface area contributed by atoms with E-state index in [-0.39, 0.29) is 12.4 Å². The minimum absolute atomic E-state index is 0. The molecule has 0 spiro atoms. The zero-order valence-corrected chi connectivity index (χ0v) is 14.1. The molecule has 0 bridgehead atoms. The van der Waals surface area contributed by atoms with Gasteiger partial charge in [0, 0.05) is 17.4 Å². The Morgan fingerprint density at radius 3 is 1.96 bits per heavy atom. The van der Waals surface area contributed by atoms with E-state index >= 15 is 0 Å². The molecule has 5 nitrogen and oxygen atoms in total. The van der Waals surface area contributed by atoms with E-state index in [2.05, 4.69) is 11.1 Å². The average Bonchev–Trinajstić information content (AvgIpc) is 3.06. The van der Waals surface area contributed by atoms with Crippen molar-refractivity contribution in [3.63, 3.8) is 0 Å². The quantitative estimate of drug-likeness (QED) is 0.723. The van der Waals surface area contributed by atoms with E-state index in [0.717, 1.165) is 22.7 Å². The first kappa shape index (κ1) is 17.4. The molecule has 24 heavy (non-hydrogen) atoms. The molecule has 0 aliphatic heterocycles. The molecule has 0 saturated carbocycles. The lowest BCUT2D eigenvalue weighted by atomic mass is 10.2. The summed E-state index contributed by atoms with van der Waals surface area (Å²) in [5, 5.41) is 9.17. The number of hydrogen-bond donors (Lipinski definition) is 0. The summed E-state index contributed by atoms with van der Waals surface area (Å²) in [4.78, 5) is 4.40. The van der Waals surface area contributed by atoms with Gasteiger partial charge in [-0.15, -0.1) is 12.4 Å². The Bertz CT molecular complexity index is 784. The fraction of sp³-hybridized carbons (Fsp3) is 0.111. The third kappa shape index (κ3) is 3.34. The summed E-state index contributed by atoms with van der Waals surface area (Å²) in [6.45, 7) is 0. The number of rotatable bonds is 4. The Balaban J connectivity index is 0.00000208. The molecule has 1 aromatic heterocycles. The summed E-state index contributed by atoms with van der Waals surface area (Å²) in [6.07, 6.45) is 1.72. The molecule has 0 unspecified atom stereocenters. The van der Waals surface area contributed by atoms with E-state index in [0.29, 0.717) is 11.5 Å². The average molecular weight is 342 g/mol. The Kier molecular flexibility index (Phi) is 5.46. The predicted molar refractivity (Wildman–Crippen MR) is 94.1 cm³/mol. The van der Waals surface area contributed by atoms with E-state index in [1.165, 1.54) is 0 Å². The molecule has 122 valence electrons. The number of ether oxygens (including phenoxy) is 2. The normalized spacial score (nSPS) is 9.71. The Morgan fingerprint density at radius 2 is 1.46 bits per heavy atom. The third-order valence-electron chi connectivity index (χ3n) is 3.52. The number of nitrogens with zero attached hydrogens (tertiary/aromatic N) is 3. The minimum atomic E-state index is 0. The molecule has 1 heterocycles. The Morgan fingerprint density at radius 1 is 0.917 bits per heavy atom. The fourth-order valence-electron chi connectivity index (χ4n) is 2.32. The SMILES string of the molecule is COc1ccc(-c2nc(C#N)cn2-c2ccc(OC)cc2)cc1.Cl. The lowest BCUT2D eigenvalue weighted by Gasteiger charge is -2.09. The lowest BCUT2D eigenvalue weighted by molar-refractivity contribution is 0.414. The van der Waals surface area contributed by atoms with Crippen LogP contribution in [0.3, 0.4) is 0 Å². The molecule has 0 amide bonds. The van der Waals surface area contributed by atoms with E-state index in [1.807, 2.05) is 53.1 Å².